The van der Waals surface area contributed by atoms with Gasteiger partial charge in [-0.1, -0.05) is 19.9 Å². The van der Waals surface area contributed by atoms with E-state index in [-0.39, 0.29) is 0 Å². The third-order valence-corrected chi connectivity index (χ3v) is 2.70. The van der Waals surface area contributed by atoms with E-state index in [2.05, 4.69) is 48.5 Å². The number of aryl methyl sites for hydroxylation is 1. The second-order valence-electron chi connectivity index (χ2n) is 4.19. The van der Waals surface area contributed by atoms with Gasteiger partial charge in [0.1, 0.15) is 5.65 Å². The summed E-state index contributed by atoms with van der Waals surface area (Å²) >= 11 is 0. The van der Waals surface area contributed by atoms with Crippen molar-refractivity contribution in [1.82, 2.24) is 9.38 Å². The fraction of sp³-hybridized carbons (Fsp3) is 0.417. The zero-order valence-corrected chi connectivity index (χ0v) is 9.49. The Labute approximate surface area is 89.9 Å². The highest BCUT2D eigenvalue weighted by atomic mass is 15.0. The summed E-state index contributed by atoms with van der Waals surface area (Å²) in [4.78, 5) is 4.59. The van der Waals surface area contributed by atoms with E-state index in [9.17, 15) is 0 Å². The first-order valence-electron chi connectivity index (χ1n) is 5.31. The lowest BCUT2D eigenvalue weighted by atomic mass is 10.1. The molecule has 0 bridgehead atoms. The van der Waals surface area contributed by atoms with Crippen LogP contribution in [0, 0.1) is 6.92 Å². The molecule has 0 amide bonds. The minimum absolute atomic E-state index is 0.445. The predicted octanol–water partition coefficient (Wildman–Crippen LogP) is 2.22. The Hall–Kier alpha value is -1.35. The van der Waals surface area contributed by atoms with E-state index >= 15 is 0 Å². The van der Waals surface area contributed by atoms with E-state index in [1.165, 1.54) is 11.3 Å². The molecular weight excluding hydrogens is 186 g/mol. The van der Waals surface area contributed by atoms with Crippen molar-refractivity contribution >= 4 is 5.65 Å². The highest BCUT2D eigenvalue weighted by Crippen LogP contribution is 2.22. The minimum Gasteiger partial charge on any atom is -0.325 e. The van der Waals surface area contributed by atoms with Gasteiger partial charge in [-0.2, -0.15) is 0 Å². The van der Waals surface area contributed by atoms with Crippen LogP contribution in [-0.2, 0) is 6.54 Å². The van der Waals surface area contributed by atoms with Gasteiger partial charge in [0, 0.05) is 18.4 Å². The quantitative estimate of drug-likeness (QED) is 0.813. The average molecular weight is 203 g/mol. The van der Waals surface area contributed by atoms with Crippen molar-refractivity contribution in [3.8, 4) is 0 Å². The summed E-state index contributed by atoms with van der Waals surface area (Å²) in [5, 5.41) is 0. The third kappa shape index (κ3) is 1.53. The third-order valence-electron chi connectivity index (χ3n) is 2.70. The molecule has 0 aliphatic rings. The lowest BCUT2D eigenvalue weighted by Crippen LogP contribution is -2.03. The highest BCUT2D eigenvalue weighted by molar-refractivity contribution is 5.50. The first-order chi connectivity index (χ1) is 7.15. The zero-order valence-electron chi connectivity index (χ0n) is 9.49. The lowest BCUT2D eigenvalue weighted by Gasteiger charge is -2.07. The van der Waals surface area contributed by atoms with E-state index < -0.39 is 0 Å². The number of rotatable bonds is 2. The molecule has 80 valence electrons. The van der Waals surface area contributed by atoms with Gasteiger partial charge in [0.25, 0.3) is 0 Å². The molecular formula is C12H17N3. The molecule has 0 aliphatic carbocycles. The molecule has 3 heteroatoms. The fourth-order valence-electron chi connectivity index (χ4n) is 2.03. The van der Waals surface area contributed by atoms with Crippen LogP contribution in [0.4, 0.5) is 0 Å². The van der Waals surface area contributed by atoms with Crippen molar-refractivity contribution < 1.29 is 0 Å². The van der Waals surface area contributed by atoms with Crippen LogP contribution in [0.3, 0.4) is 0 Å². The SMILES string of the molecule is Cc1cccn2c(C(C)C)c(CN)nc12. The summed E-state index contributed by atoms with van der Waals surface area (Å²) in [7, 11) is 0. The van der Waals surface area contributed by atoms with Crippen molar-refractivity contribution in [2.45, 2.75) is 33.2 Å². The number of pyridine rings is 1. The van der Waals surface area contributed by atoms with E-state index in [4.69, 9.17) is 5.73 Å². The van der Waals surface area contributed by atoms with Gasteiger partial charge >= 0.3 is 0 Å². The number of imidazole rings is 1. The second kappa shape index (κ2) is 3.66. The summed E-state index contributed by atoms with van der Waals surface area (Å²) in [5.74, 6) is 0.445. The van der Waals surface area contributed by atoms with Crippen LogP contribution in [0.2, 0.25) is 0 Å². The standard InChI is InChI=1S/C12H17N3/c1-8(2)11-10(7-13)14-12-9(3)5-4-6-15(11)12/h4-6,8H,7,13H2,1-3H3. The van der Waals surface area contributed by atoms with E-state index in [0.29, 0.717) is 12.5 Å². The Bertz CT molecular complexity index is 483. The van der Waals surface area contributed by atoms with Crippen LogP contribution in [0.1, 0.15) is 36.7 Å². The summed E-state index contributed by atoms with van der Waals surface area (Å²) in [6.07, 6.45) is 2.06. The molecule has 0 atom stereocenters. The number of hydrogen-bond acceptors (Lipinski definition) is 2. The van der Waals surface area contributed by atoms with Crippen LogP contribution in [-0.4, -0.2) is 9.38 Å². The van der Waals surface area contributed by atoms with E-state index in [1.807, 2.05) is 0 Å². The van der Waals surface area contributed by atoms with Crippen LogP contribution >= 0.6 is 0 Å². The molecule has 0 radical (unpaired) electrons. The molecule has 0 spiro atoms. The van der Waals surface area contributed by atoms with Crippen molar-refractivity contribution in [3.63, 3.8) is 0 Å². The summed E-state index contributed by atoms with van der Waals surface area (Å²) in [6, 6.07) is 4.13. The number of fused-ring (bicyclic) bond motifs is 1. The van der Waals surface area contributed by atoms with Gasteiger partial charge in [0.05, 0.1) is 5.69 Å². The largest absolute Gasteiger partial charge is 0.325 e. The molecule has 3 nitrogen and oxygen atoms in total. The maximum atomic E-state index is 5.73. The molecule has 2 aromatic rings. The highest BCUT2D eigenvalue weighted by Gasteiger charge is 2.14. The number of aromatic nitrogens is 2. The van der Waals surface area contributed by atoms with Gasteiger partial charge in [-0.3, -0.25) is 0 Å². The predicted molar refractivity (Wildman–Crippen MR) is 61.9 cm³/mol. The van der Waals surface area contributed by atoms with Gasteiger partial charge in [0.15, 0.2) is 0 Å². The van der Waals surface area contributed by atoms with Crippen LogP contribution < -0.4 is 5.73 Å². The minimum atomic E-state index is 0.445. The van der Waals surface area contributed by atoms with Gasteiger partial charge in [-0.05, 0) is 24.5 Å². The van der Waals surface area contributed by atoms with Crippen LogP contribution in [0.15, 0.2) is 18.3 Å². The Morgan fingerprint density at radius 1 is 1.47 bits per heavy atom. The molecule has 0 aliphatic heterocycles. The van der Waals surface area contributed by atoms with E-state index in [0.717, 1.165) is 11.3 Å². The molecule has 2 N–H and O–H groups in total. The van der Waals surface area contributed by atoms with Gasteiger partial charge in [-0.25, -0.2) is 4.98 Å². The average Bonchev–Trinajstić information content (AvgIpc) is 2.57. The molecule has 0 aromatic carbocycles. The summed E-state index contributed by atoms with van der Waals surface area (Å²) in [5.41, 5.74) is 10.2. The number of hydrogen-bond donors (Lipinski definition) is 1. The first-order valence-corrected chi connectivity index (χ1v) is 5.31. The summed E-state index contributed by atoms with van der Waals surface area (Å²) < 4.78 is 2.15. The molecule has 0 saturated carbocycles. The van der Waals surface area contributed by atoms with Crippen LogP contribution in [0.25, 0.3) is 5.65 Å². The van der Waals surface area contributed by atoms with Crippen molar-refractivity contribution in [2.75, 3.05) is 0 Å². The van der Waals surface area contributed by atoms with Gasteiger partial charge < -0.3 is 10.1 Å². The van der Waals surface area contributed by atoms with Crippen molar-refractivity contribution in [3.05, 3.63) is 35.3 Å². The maximum Gasteiger partial charge on any atom is 0.140 e. The van der Waals surface area contributed by atoms with Crippen molar-refractivity contribution in [2.24, 2.45) is 5.73 Å². The lowest BCUT2D eigenvalue weighted by molar-refractivity contribution is 0.783. The van der Waals surface area contributed by atoms with Gasteiger partial charge in [-0.15, -0.1) is 0 Å². The monoisotopic (exact) mass is 203 g/mol. The first kappa shape index (κ1) is 10.2. The topological polar surface area (TPSA) is 43.3 Å². The number of nitrogens with two attached hydrogens (primary N) is 1. The maximum absolute atomic E-state index is 5.73. The molecule has 0 saturated heterocycles. The second-order valence-corrected chi connectivity index (χ2v) is 4.19. The van der Waals surface area contributed by atoms with Crippen LogP contribution in [0.5, 0.6) is 0 Å². The Morgan fingerprint density at radius 2 is 2.20 bits per heavy atom. The smallest absolute Gasteiger partial charge is 0.140 e. The molecule has 2 rings (SSSR count). The molecule has 2 heterocycles. The van der Waals surface area contributed by atoms with Gasteiger partial charge in [0.2, 0.25) is 0 Å². The van der Waals surface area contributed by atoms with Crippen molar-refractivity contribution in [1.29, 1.82) is 0 Å². The molecule has 2 aromatic heterocycles. The van der Waals surface area contributed by atoms with E-state index in [1.54, 1.807) is 0 Å². The molecule has 0 unspecified atom stereocenters. The molecule has 0 fully saturated rings. The summed E-state index contributed by atoms with van der Waals surface area (Å²) in [6.45, 7) is 6.93. The normalized spacial score (nSPS) is 11.5. The Kier molecular flexibility index (Phi) is 2.49. The number of nitrogens with zero attached hydrogens (tertiary/aromatic N) is 2. The Morgan fingerprint density at radius 3 is 2.80 bits per heavy atom. The molecule has 15 heavy (non-hydrogen) atoms. The zero-order chi connectivity index (χ0) is 11.0. The Balaban J connectivity index is 2.80. The fourth-order valence-corrected chi connectivity index (χ4v) is 2.03.